The topological polar surface area (TPSA) is 83.5 Å². The molecule has 0 saturated carbocycles. The van der Waals surface area contributed by atoms with Gasteiger partial charge in [0.15, 0.2) is 0 Å². The first-order chi connectivity index (χ1) is 10.5. The molecule has 1 aliphatic rings. The molecule has 0 fully saturated rings. The van der Waals surface area contributed by atoms with Crippen molar-refractivity contribution in [1.82, 2.24) is 10.3 Å². The zero-order valence-corrected chi connectivity index (χ0v) is 12.4. The van der Waals surface area contributed by atoms with E-state index < -0.39 is 15.8 Å². The van der Waals surface area contributed by atoms with Crippen molar-refractivity contribution in [3.63, 3.8) is 0 Å². The maximum absolute atomic E-state index is 13.2. The molecule has 0 amide bonds. The molecule has 2 aromatic rings. The molecule has 1 aromatic heterocycles. The smallest absolute Gasteiger partial charge is 0.287 e. The van der Waals surface area contributed by atoms with E-state index in [0.717, 1.165) is 11.8 Å². The molecule has 0 radical (unpaired) electrons. The molecule has 1 aromatic carbocycles. The summed E-state index contributed by atoms with van der Waals surface area (Å²) in [6, 6.07) is 8.70. The van der Waals surface area contributed by atoms with Gasteiger partial charge in [0.25, 0.3) is 10.0 Å². The maximum atomic E-state index is 13.2. The number of hydrogen-bond donors (Lipinski definition) is 2. The lowest BCUT2D eigenvalue weighted by atomic mass is 10.2. The zero-order chi connectivity index (χ0) is 15.7. The Morgan fingerprint density at radius 1 is 1.27 bits per heavy atom. The molecular weight excluding hydrogens is 307 g/mol. The van der Waals surface area contributed by atoms with Crippen LogP contribution in [-0.4, -0.2) is 19.4 Å². The third-order valence-corrected chi connectivity index (χ3v) is 4.49. The van der Waals surface area contributed by atoms with Gasteiger partial charge in [0, 0.05) is 6.20 Å². The van der Waals surface area contributed by atoms with Gasteiger partial charge in [0.1, 0.15) is 10.7 Å². The van der Waals surface area contributed by atoms with Gasteiger partial charge in [-0.15, -0.1) is 4.40 Å². The van der Waals surface area contributed by atoms with E-state index in [4.69, 9.17) is 0 Å². The molecule has 1 aliphatic heterocycles. The van der Waals surface area contributed by atoms with Crippen LogP contribution in [0.15, 0.2) is 51.9 Å². The fourth-order valence-corrected chi connectivity index (χ4v) is 3.20. The Kier molecular flexibility index (Phi) is 3.53. The van der Waals surface area contributed by atoms with Gasteiger partial charge in [-0.3, -0.25) is 4.98 Å². The number of nitrogens with one attached hydrogen (secondary N) is 2. The molecule has 1 atom stereocenters. The predicted molar refractivity (Wildman–Crippen MR) is 80.4 cm³/mol. The molecule has 2 N–H and O–H groups in total. The van der Waals surface area contributed by atoms with E-state index in [1.165, 1.54) is 12.1 Å². The second-order valence-electron chi connectivity index (χ2n) is 4.80. The van der Waals surface area contributed by atoms with Gasteiger partial charge in [0.2, 0.25) is 5.96 Å². The van der Waals surface area contributed by atoms with Crippen molar-refractivity contribution in [3.8, 4) is 0 Å². The maximum Gasteiger partial charge on any atom is 0.287 e. The number of anilines is 1. The van der Waals surface area contributed by atoms with Gasteiger partial charge in [-0.25, -0.2) is 4.39 Å². The van der Waals surface area contributed by atoms with Crippen LogP contribution in [0.25, 0.3) is 0 Å². The van der Waals surface area contributed by atoms with E-state index in [0.29, 0.717) is 0 Å². The Labute approximate surface area is 127 Å². The predicted octanol–water partition coefficient (Wildman–Crippen LogP) is 2.04. The third-order valence-electron chi connectivity index (χ3n) is 3.17. The van der Waals surface area contributed by atoms with Crippen LogP contribution < -0.4 is 10.6 Å². The summed E-state index contributed by atoms with van der Waals surface area (Å²) in [5, 5.41) is 5.80. The van der Waals surface area contributed by atoms with E-state index >= 15 is 0 Å². The first kappa shape index (κ1) is 14.5. The second-order valence-corrected chi connectivity index (χ2v) is 6.37. The summed E-state index contributed by atoms with van der Waals surface area (Å²) in [7, 11) is -3.94. The minimum absolute atomic E-state index is 0.0808. The van der Waals surface area contributed by atoms with Crippen LogP contribution in [0.5, 0.6) is 0 Å². The molecule has 114 valence electrons. The Bertz CT molecular complexity index is 837. The van der Waals surface area contributed by atoms with Crippen LogP contribution in [-0.2, 0) is 10.0 Å². The number of halogens is 1. The molecule has 2 heterocycles. The second kappa shape index (κ2) is 5.38. The molecule has 0 aliphatic carbocycles. The standard InChI is InChI=1S/C14H13FN4O2S/c1-9(11-4-2-3-7-16-11)17-14-18-12-6-5-10(15)8-13(12)22(20,21)19-14/h2-9H,1H3,(H2,17,18,19). The summed E-state index contributed by atoms with van der Waals surface area (Å²) in [4.78, 5) is 4.01. The molecule has 0 spiro atoms. The highest BCUT2D eigenvalue weighted by atomic mass is 32.2. The highest BCUT2D eigenvalue weighted by molar-refractivity contribution is 7.90. The first-order valence-electron chi connectivity index (χ1n) is 6.55. The largest absolute Gasteiger partial charge is 0.347 e. The number of pyridine rings is 1. The number of nitrogens with zero attached hydrogens (tertiary/aromatic N) is 2. The molecule has 0 bridgehead atoms. The number of benzene rings is 1. The van der Waals surface area contributed by atoms with Crippen molar-refractivity contribution >= 4 is 21.7 Å². The van der Waals surface area contributed by atoms with Gasteiger partial charge in [-0.1, -0.05) is 6.07 Å². The lowest BCUT2D eigenvalue weighted by Crippen LogP contribution is -2.36. The molecular formula is C14H13FN4O2S. The molecule has 3 rings (SSSR count). The summed E-state index contributed by atoms with van der Waals surface area (Å²) < 4.78 is 41.0. The number of hydrogen-bond acceptors (Lipinski definition) is 5. The van der Waals surface area contributed by atoms with Crippen LogP contribution in [0, 0.1) is 5.82 Å². The average molecular weight is 320 g/mol. The minimum Gasteiger partial charge on any atom is -0.347 e. The van der Waals surface area contributed by atoms with E-state index in [2.05, 4.69) is 20.0 Å². The monoisotopic (exact) mass is 320 g/mol. The summed E-state index contributed by atoms with van der Waals surface area (Å²) in [5.41, 5.74) is 1.03. The quantitative estimate of drug-likeness (QED) is 0.885. The Morgan fingerprint density at radius 2 is 2.09 bits per heavy atom. The van der Waals surface area contributed by atoms with E-state index in [-0.39, 0.29) is 22.6 Å². The fourth-order valence-electron chi connectivity index (χ4n) is 2.11. The van der Waals surface area contributed by atoms with Crippen LogP contribution in [0.4, 0.5) is 10.1 Å². The Balaban J connectivity index is 1.89. The molecule has 0 saturated heterocycles. The van der Waals surface area contributed by atoms with Crippen molar-refractivity contribution in [2.75, 3.05) is 5.32 Å². The average Bonchev–Trinajstić information content (AvgIpc) is 2.48. The van der Waals surface area contributed by atoms with E-state index in [1.54, 1.807) is 12.3 Å². The van der Waals surface area contributed by atoms with Crippen molar-refractivity contribution in [2.24, 2.45) is 4.40 Å². The normalized spacial score (nSPS) is 16.9. The number of guanidine groups is 1. The molecule has 8 heteroatoms. The van der Waals surface area contributed by atoms with Crippen molar-refractivity contribution < 1.29 is 12.8 Å². The number of sulfonamides is 1. The highest BCUT2D eigenvalue weighted by Gasteiger charge is 2.26. The molecule has 1 unspecified atom stereocenters. The van der Waals surface area contributed by atoms with Gasteiger partial charge >= 0.3 is 0 Å². The number of fused-ring (bicyclic) bond motifs is 1. The summed E-state index contributed by atoms with van der Waals surface area (Å²) >= 11 is 0. The Morgan fingerprint density at radius 3 is 2.82 bits per heavy atom. The highest BCUT2D eigenvalue weighted by Crippen LogP contribution is 2.27. The molecule has 6 nitrogen and oxygen atoms in total. The van der Waals surface area contributed by atoms with Crippen molar-refractivity contribution in [2.45, 2.75) is 17.9 Å². The van der Waals surface area contributed by atoms with Crippen LogP contribution >= 0.6 is 0 Å². The number of aromatic nitrogens is 1. The summed E-state index contributed by atoms with van der Waals surface area (Å²) in [6.45, 7) is 1.83. The summed E-state index contributed by atoms with van der Waals surface area (Å²) in [5.74, 6) is -0.546. The van der Waals surface area contributed by atoms with E-state index in [1.807, 2.05) is 19.1 Å². The van der Waals surface area contributed by atoms with E-state index in [9.17, 15) is 12.8 Å². The Hall–Kier alpha value is -2.48. The number of rotatable bonds is 2. The van der Waals surface area contributed by atoms with Gasteiger partial charge < -0.3 is 10.6 Å². The van der Waals surface area contributed by atoms with Gasteiger partial charge in [-0.05, 0) is 37.3 Å². The lowest BCUT2D eigenvalue weighted by Gasteiger charge is -2.22. The fraction of sp³-hybridized carbons (Fsp3) is 0.143. The van der Waals surface area contributed by atoms with Crippen molar-refractivity contribution in [3.05, 3.63) is 54.1 Å². The minimum atomic E-state index is -3.94. The van der Waals surface area contributed by atoms with Crippen LogP contribution in [0.2, 0.25) is 0 Å². The van der Waals surface area contributed by atoms with Gasteiger partial charge in [0.05, 0.1) is 17.4 Å². The van der Waals surface area contributed by atoms with Crippen molar-refractivity contribution in [1.29, 1.82) is 0 Å². The zero-order valence-electron chi connectivity index (χ0n) is 11.6. The SMILES string of the molecule is CC(NC1=NS(=O)(=O)c2cc(F)ccc2N1)c1ccccn1. The van der Waals surface area contributed by atoms with Crippen LogP contribution in [0.1, 0.15) is 18.7 Å². The third kappa shape index (κ3) is 2.77. The lowest BCUT2D eigenvalue weighted by molar-refractivity contribution is 0.591. The summed E-state index contributed by atoms with van der Waals surface area (Å²) in [6.07, 6.45) is 1.65. The molecule has 22 heavy (non-hydrogen) atoms. The first-order valence-corrected chi connectivity index (χ1v) is 7.99. The van der Waals surface area contributed by atoms with Crippen LogP contribution in [0.3, 0.4) is 0 Å². The van der Waals surface area contributed by atoms with Gasteiger partial charge in [-0.2, -0.15) is 8.42 Å².